The molecule has 2 unspecified atom stereocenters. The van der Waals surface area contributed by atoms with Crippen molar-refractivity contribution in [2.24, 2.45) is 21.4 Å². The van der Waals surface area contributed by atoms with E-state index < -0.39 is 27.1 Å². The van der Waals surface area contributed by atoms with Crippen molar-refractivity contribution in [1.82, 2.24) is 0 Å². The molecule has 0 aliphatic heterocycles. The summed E-state index contributed by atoms with van der Waals surface area (Å²) in [5, 5.41) is 18.2. The van der Waals surface area contributed by atoms with Crippen LogP contribution in [0.3, 0.4) is 0 Å². The number of carbonyl (C=O) groups is 2. The van der Waals surface area contributed by atoms with Gasteiger partial charge in [-0.1, -0.05) is 32.0 Å². The number of hydrogen-bond donors (Lipinski definition) is 1. The number of rotatable bonds is 6. The van der Waals surface area contributed by atoms with Gasteiger partial charge in [0.15, 0.2) is 0 Å². The van der Waals surface area contributed by atoms with Crippen molar-refractivity contribution < 1.29 is 24.1 Å². The summed E-state index contributed by atoms with van der Waals surface area (Å²) in [5.74, 6) is -0.176. The first kappa shape index (κ1) is 23.4. The van der Waals surface area contributed by atoms with Gasteiger partial charge in [0.05, 0.1) is 28.7 Å². The molecule has 9 heteroatoms. The number of amides is 1. The van der Waals surface area contributed by atoms with E-state index >= 15 is 0 Å². The molecule has 0 saturated heterocycles. The predicted molar refractivity (Wildman–Crippen MR) is 126 cm³/mol. The van der Waals surface area contributed by atoms with Gasteiger partial charge in [-0.15, -0.1) is 0 Å². The van der Waals surface area contributed by atoms with Crippen LogP contribution >= 0.6 is 0 Å². The third-order valence-corrected chi connectivity index (χ3v) is 8.05. The van der Waals surface area contributed by atoms with Crippen LogP contribution in [0, 0.1) is 26.4 Å². The molecule has 0 heterocycles. The van der Waals surface area contributed by atoms with Crippen molar-refractivity contribution in [1.29, 1.82) is 0 Å². The van der Waals surface area contributed by atoms with Crippen molar-refractivity contribution in [3.8, 4) is 5.75 Å². The summed E-state index contributed by atoms with van der Waals surface area (Å²) in [6.07, 6.45) is 1.78. The third-order valence-electron chi connectivity index (χ3n) is 8.05. The number of nitro groups is 1. The van der Waals surface area contributed by atoms with Crippen LogP contribution in [-0.4, -0.2) is 29.6 Å². The zero-order valence-electron chi connectivity index (χ0n) is 19.6. The molecular formula is C25H27N3O6. The number of oxime groups is 1. The van der Waals surface area contributed by atoms with Crippen LogP contribution in [0.2, 0.25) is 0 Å². The Balaban J connectivity index is 1.56. The van der Waals surface area contributed by atoms with Gasteiger partial charge in [-0.05, 0) is 48.6 Å². The van der Waals surface area contributed by atoms with Crippen molar-refractivity contribution >= 4 is 29.0 Å². The van der Waals surface area contributed by atoms with Gasteiger partial charge < -0.3 is 14.9 Å². The molecule has 2 aromatic rings. The highest BCUT2D eigenvalue weighted by atomic mass is 16.7. The first-order chi connectivity index (χ1) is 16.0. The summed E-state index contributed by atoms with van der Waals surface area (Å²) in [4.78, 5) is 41.7. The summed E-state index contributed by atoms with van der Waals surface area (Å²) in [6.45, 7) is 6.15. The molecule has 0 spiro atoms. The predicted octanol–water partition coefficient (Wildman–Crippen LogP) is 4.97. The average Bonchev–Trinajstić information content (AvgIpc) is 3.13. The molecule has 2 aromatic carbocycles. The maximum atomic E-state index is 13.5. The smallest absolute Gasteiger partial charge is 0.365 e. The first-order valence-electron chi connectivity index (χ1n) is 11.0. The number of anilines is 1. The number of ether oxygens (including phenoxy) is 1. The van der Waals surface area contributed by atoms with Crippen LogP contribution in [-0.2, 0) is 9.63 Å². The zero-order valence-corrected chi connectivity index (χ0v) is 19.6. The molecule has 2 bridgehead atoms. The van der Waals surface area contributed by atoms with E-state index in [9.17, 15) is 19.7 Å². The maximum Gasteiger partial charge on any atom is 0.365 e. The molecule has 2 aliphatic rings. The van der Waals surface area contributed by atoms with Gasteiger partial charge in [0.1, 0.15) is 5.75 Å². The summed E-state index contributed by atoms with van der Waals surface area (Å²) >= 11 is 0. The number of nitrogens with zero attached hydrogens (tertiary/aromatic N) is 2. The van der Waals surface area contributed by atoms with Crippen molar-refractivity contribution in [3.05, 3.63) is 64.2 Å². The number of carbonyl (C=O) groups excluding carboxylic acids is 2. The minimum atomic E-state index is -0.780. The Kier molecular flexibility index (Phi) is 5.67. The number of benzene rings is 2. The molecule has 2 atom stereocenters. The van der Waals surface area contributed by atoms with E-state index in [1.165, 1.54) is 18.2 Å². The summed E-state index contributed by atoms with van der Waals surface area (Å²) in [6, 6.07) is 12.5. The lowest BCUT2D eigenvalue weighted by Crippen LogP contribution is -2.43. The number of nitro benzene ring substituents is 1. The summed E-state index contributed by atoms with van der Waals surface area (Å²) in [5.41, 5.74) is -0.430. The summed E-state index contributed by atoms with van der Waals surface area (Å²) in [7, 11) is 1.58. The Morgan fingerprint density at radius 2 is 1.79 bits per heavy atom. The normalized spacial score (nSPS) is 25.7. The van der Waals surface area contributed by atoms with E-state index in [0.29, 0.717) is 30.0 Å². The van der Waals surface area contributed by atoms with Gasteiger partial charge in [-0.2, -0.15) is 0 Å². The third kappa shape index (κ3) is 3.52. The topological polar surface area (TPSA) is 120 Å². The number of fused-ring (bicyclic) bond motifs is 2. The fraction of sp³-hybridized carbons (Fsp3) is 0.400. The van der Waals surface area contributed by atoms with Crippen LogP contribution in [0.15, 0.2) is 53.7 Å². The summed E-state index contributed by atoms with van der Waals surface area (Å²) < 4.78 is 5.18. The van der Waals surface area contributed by atoms with Gasteiger partial charge in [-0.3, -0.25) is 14.9 Å². The molecule has 2 fully saturated rings. The number of methoxy groups -OCH3 is 1. The second-order valence-corrected chi connectivity index (χ2v) is 9.62. The maximum absolute atomic E-state index is 13.5. The molecule has 1 amide bonds. The van der Waals surface area contributed by atoms with Gasteiger partial charge >= 0.3 is 5.97 Å². The van der Waals surface area contributed by atoms with Crippen molar-refractivity contribution in [2.75, 3.05) is 12.4 Å². The fourth-order valence-electron chi connectivity index (χ4n) is 5.34. The Labute approximate surface area is 197 Å². The van der Waals surface area contributed by atoms with Gasteiger partial charge in [0.2, 0.25) is 5.91 Å². The van der Waals surface area contributed by atoms with E-state index in [0.717, 1.165) is 12.5 Å². The monoisotopic (exact) mass is 465 g/mol. The van der Waals surface area contributed by atoms with Crippen molar-refractivity contribution in [3.63, 3.8) is 0 Å². The Morgan fingerprint density at radius 3 is 2.44 bits per heavy atom. The fourth-order valence-corrected chi connectivity index (χ4v) is 5.34. The number of hydrogen-bond acceptors (Lipinski definition) is 7. The molecule has 0 radical (unpaired) electrons. The molecule has 2 saturated carbocycles. The van der Waals surface area contributed by atoms with E-state index in [4.69, 9.17) is 9.57 Å². The standard InChI is InChI=1S/C25H27N3O6/c1-23(2)24(3)12-13-25(23,22(30)26-17-8-10-19(33-4)11-9-17)15-20(24)27-34-21(29)16-6-5-7-18(14-16)28(31)32/h5-11,14H,12-13,15H2,1-4H3,(H,26,30). The molecule has 0 aromatic heterocycles. The number of nitrogens with one attached hydrogen (secondary N) is 1. The lowest BCUT2D eigenvalue weighted by Gasteiger charge is -2.39. The molecule has 1 N–H and O–H groups in total. The van der Waals surface area contributed by atoms with E-state index in [1.54, 1.807) is 31.4 Å². The van der Waals surface area contributed by atoms with Crippen molar-refractivity contribution in [2.45, 2.75) is 40.0 Å². The molecule has 4 rings (SSSR count). The molecule has 2 aliphatic carbocycles. The minimum absolute atomic E-state index is 0.0399. The Hall–Kier alpha value is -3.75. The Bertz CT molecular complexity index is 1190. The highest BCUT2D eigenvalue weighted by Crippen LogP contribution is 2.71. The number of non-ortho nitro benzene ring substituents is 1. The van der Waals surface area contributed by atoms with E-state index in [1.807, 2.05) is 6.92 Å². The highest BCUT2D eigenvalue weighted by Gasteiger charge is 2.71. The van der Waals surface area contributed by atoms with Crippen LogP contribution in [0.1, 0.15) is 50.4 Å². The second kappa shape index (κ2) is 8.23. The SMILES string of the molecule is COc1ccc(NC(=O)C23CCC(C)(C(=NOC(=O)c4cccc([N+](=O)[O-])c4)C2)C3(C)C)cc1. The Morgan fingerprint density at radius 1 is 1.09 bits per heavy atom. The van der Waals surface area contributed by atoms with Crippen LogP contribution in [0.25, 0.3) is 0 Å². The van der Waals surface area contributed by atoms with Crippen LogP contribution in [0.5, 0.6) is 5.75 Å². The second-order valence-electron chi connectivity index (χ2n) is 9.62. The van der Waals surface area contributed by atoms with E-state index in [-0.39, 0.29) is 17.2 Å². The molecule has 9 nitrogen and oxygen atoms in total. The quantitative estimate of drug-likeness (QED) is 0.365. The van der Waals surface area contributed by atoms with Gasteiger partial charge in [0, 0.05) is 29.7 Å². The average molecular weight is 466 g/mol. The zero-order chi connectivity index (χ0) is 24.7. The highest BCUT2D eigenvalue weighted by molar-refractivity contribution is 6.06. The molecule has 34 heavy (non-hydrogen) atoms. The lowest BCUT2D eigenvalue weighted by atomic mass is 9.64. The van der Waals surface area contributed by atoms with Crippen LogP contribution < -0.4 is 10.1 Å². The van der Waals surface area contributed by atoms with Gasteiger partial charge in [-0.25, -0.2) is 4.79 Å². The largest absolute Gasteiger partial charge is 0.497 e. The molecular weight excluding hydrogens is 438 g/mol. The van der Waals surface area contributed by atoms with E-state index in [2.05, 4.69) is 24.3 Å². The van der Waals surface area contributed by atoms with Crippen LogP contribution in [0.4, 0.5) is 11.4 Å². The van der Waals surface area contributed by atoms with Gasteiger partial charge in [0.25, 0.3) is 5.69 Å². The minimum Gasteiger partial charge on any atom is -0.497 e. The lowest BCUT2D eigenvalue weighted by molar-refractivity contribution is -0.384. The molecule has 178 valence electrons. The first-order valence-corrected chi connectivity index (χ1v) is 11.0.